The second-order valence-corrected chi connectivity index (χ2v) is 6.22. The van der Waals surface area contributed by atoms with Gasteiger partial charge < -0.3 is 4.90 Å². The van der Waals surface area contributed by atoms with Gasteiger partial charge in [-0.25, -0.2) is 9.50 Å². The van der Waals surface area contributed by atoms with Crippen LogP contribution in [0.5, 0.6) is 0 Å². The molecule has 0 unspecified atom stereocenters. The Morgan fingerprint density at radius 3 is 3.10 bits per heavy atom. The Morgan fingerprint density at radius 2 is 2.29 bits per heavy atom. The lowest BCUT2D eigenvalue weighted by molar-refractivity contribution is -0.134. The molecule has 0 N–H and O–H groups in total. The van der Waals surface area contributed by atoms with E-state index in [1.807, 2.05) is 23.7 Å². The zero-order valence-electron chi connectivity index (χ0n) is 12.5. The third kappa shape index (κ3) is 1.79. The maximum Gasteiger partial charge on any atom is 0.223 e. The van der Waals surface area contributed by atoms with Crippen LogP contribution in [-0.2, 0) is 11.2 Å². The van der Waals surface area contributed by atoms with Gasteiger partial charge >= 0.3 is 0 Å². The van der Waals surface area contributed by atoms with Crippen LogP contribution in [0.3, 0.4) is 0 Å². The van der Waals surface area contributed by atoms with Gasteiger partial charge in [0.15, 0.2) is 5.65 Å². The minimum atomic E-state index is 0.208. The normalized spacial score (nSPS) is 23.6. The number of carbonyl (C=O) groups excluding carboxylic acids is 1. The van der Waals surface area contributed by atoms with Crippen LogP contribution in [0.25, 0.3) is 5.65 Å². The van der Waals surface area contributed by atoms with Gasteiger partial charge in [0, 0.05) is 36.7 Å². The van der Waals surface area contributed by atoms with Crippen molar-refractivity contribution >= 4 is 11.6 Å². The molecule has 4 heterocycles. The second kappa shape index (κ2) is 4.55. The summed E-state index contributed by atoms with van der Waals surface area (Å²) in [5.41, 5.74) is 4.36. The summed E-state index contributed by atoms with van der Waals surface area (Å²) >= 11 is 0. The molecule has 1 saturated heterocycles. The van der Waals surface area contributed by atoms with Crippen molar-refractivity contribution in [2.45, 2.75) is 58.0 Å². The minimum absolute atomic E-state index is 0.208. The lowest BCUT2D eigenvalue weighted by Gasteiger charge is -2.36. The van der Waals surface area contributed by atoms with Crippen LogP contribution in [0.4, 0.5) is 0 Å². The predicted octanol–water partition coefficient (Wildman–Crippen LogP) is 2.43. The Labute approximate surface area is 124 Å². The van der Waals surface area contributed by atoms with Crippen molar-refractivity contribution in [3.05, 3.63) is 29.2 Å². The summed E-state index contributed by atoms with van der Waals surface area (Å²) in [7, 11) is 0. The Bertz CT molecular complexity index is 720. The first-order chi connectivity index (χ1) is 10.2. The standard InChI is InChI=1S/C16H20N4O/c1-3-4-16(21)19-11-5-6-13(19)12-9-17-15-7-10(2)18-20(15)14(12)8-11/h7,9,11,13H,3-6,8H2,1-2H3/t11-,13+/m1/s1. The summed E-state index contributed by atoms with van der Waals surface area (Å²) in [4.78, 5) is 19.1. The SMILES string of the molecule is CCCC(=O)N1[C@@H]2CC[C@H]1c1cnc3cc(C)nn3c1C2. The van der Waals surface area contributed by atoms with Gasteiger partial charge in [0.05, 0.1) is 17.4 Å². The number of aromatic nitrogens is 3. The Balaban J connectivity index is 1.81. The minimum Gasteiger partial charge on any atom is -0.332 e. The monoisotopic (exact) mass is 284 g/mol. The fraction of sp³-hybridized carbons (Fsp3) is 0.562. The van der Waals surface area contributed by atoms with E-state index in [2.05, 4.69) is 21.9 Å². The summed E-state index contributed by atoms with van der Waals surface area (Å²) in [5, 5.41) is 4.58. The molecular formula is C16H20N4O. The van der Waals surface area contributed by atoms with Gasteiger partial charge in [0.2, 0.25) is 5.91 Å². The Kier molecular flexibility index (Phi) is 2.77. The van der Waals surface area contributed by atoms with Gasteiger partial charge in [-0.15, -0.1) is 0 Å². The van der Waals surface area contributed by atoms with Crippen LogP contribution in [0.2, 0.25) is 0 Å². The van der Waals surface area contributed by atoms with E-state index < -0.39 is 0 Å². The van der Waals surface area contributed by atoms with E-state index in [0.717, 1.165) is 37.0 Å². The van der Waals surface area contributed by atoms with E-state index >= 15 is 0 Å². The molecule has 2 aromatic rings. The van der Waals surface area contributed by atoms with E-state index in [-0.39, 0.29) is 6.04 Å². The molecule has 1 fully saturated rings. The van der Waals surface area contributed by atoms with Crippen molar-refractivity contribution in [1.29, 1.82) is 0 Å². The van der Waals surface area contributed by atoms with Crippen molar-refractivity contribution in [1.82, 2.24) is 19.5 Å². The summed E-state index contributed by atoms with van der Waals surface area (Å²) in [5.74, 6) is 0.299. The predicted molar refractivity (Wildman–Crippen MR) is 78.9 cm³/mol. The molecule has 1 amide bonds. The molecule has 0 saturated carbocycles. The van der Waals surface area contributed by atoms with Crippen molar-refractivity contribution in [2.24, 2.45) is 0 Å². The topological polar surface area (TPSA) is 50.5 Å². The highest BCUT2D eigenvalue weighted by Crippen LogP contribution is 2.43. The number of aryl methyl sites for hydroxylation is 1. The number of rotatable bonds is 2. The van der Waals surface area contributed by atoms with Crippen molar-refractivity contribution < 1.29 is 4.79 Å². The van der Waals surface area contributed by atoms with Crippen molar-refractivity contribution in [2.75, 3.05) is 0 Å². The van der Waals surface area contributed by atoms with E-state index in [1.165, 1.54) is 11.3 Å². The quantitative estimate of drug-likeness (QED) is 0.851. The lowest BCUT2D eigenvalue weighted by atomic mass is 9.98. The molecule has 2 aliphatic rings. The zero-order chi connectivity index (χ0) is 14.6. The summed E-state index contributed by atoms with van der Waals surface area (Å²) in [6.45, 7) is 4.06. The number of hydrogen-bond acceptors (Lipinski definition) is 3. The Hall–Kier alpha value is -1.91. The second-order valence-electron chi connectivity index (χ2n) is 6.22. The first kappa shape index (κ1) is 12.8. The van der Waals surface area contributed by atoms with Crippen LogP contribution in [-0.4, -0.2) is 31.4 Å². The number of fused-ring (bicyclic) bond motifs is 6. The number of nitrogens with zero attached hydrogens (tertiary/aromatic N) is 4. The van der Waals surface area contributed by atoms with E-state index in [1.54, 1.807) is 0 Å². The van der Waals surface area contributed by atoms with Gasteiger partial charge in [0.25, 0.3) is 0 Å². The molecule has 2 atom stereocenters. The molecule has 0 aromatic carbocycles. The first-order valence-corrected chi connectivity index (χ1v) is 7.84. The van der Waals surface area contributed by atoms with Crippen LogP contribution in [0.15, 0.2) is 12.3 Å². The summed E-state index contributed by atoms with van der Waals surface area (Å²) < 4.78 is 1.98. The van der Waals surface area contributed by atoms with Crippen LogP contribution in [0, 0.1) is 6.92 Å². The molecule has 5 nitrogen and oxygen atoms in total. The zero-order valence-corrected chi connectivity index (χ0v) is 12.5. The maximum absolute atomic E-state index is 12.4. The number of amides is 1. The highest BCUT2D eigenvalue weighted by atomic mass is 16.2. The number of hydrogen-bond donors (Lipinski definition) is 0. The van der Waals surface area contributed by atoms with Gasteiger partial charge in [-0.05, 0) is 26.2 Å². The molecular weight excluding hydrogens is 264 g/mol. The Morgan fingerprint density at radius 1 is 1.43 bits per heavy atom. The average molecular weight is 284 g/mol. The smallest absolute Gasteiger partial charge is 0.223 e. The van der Waals surface area contributed by atoms with E-state index in [9.17, 15) is 4.79 Å². The summed E-state index contributed by atoms with van der Waals surface area (Å²) in [6, 6.07) is 2.56. The van der Waals surface area contributed by atoms with E-state index in [0.29, 0.717) is 18.4 Å². The molecule has 2 aromatic heterocycles. The highest BCUT2D eigenvalue weighted by molar-refractivity contribution is 5.78. The molecule has 0 spiro atoms. The van der Waals surface area contributed by atoms with Crippen molar-refractivity contribution in [3.63, 3.8) is 0 Å². The highest BCUT2D eigenvalue weighted by Gasteiger charge is 2.43. The van der Waals surface area contributed by atoms with Crippen molar-refractivity contribution in [3.8, 4) is 0 Å². The molecule has 110 valence electrons. The summed E-state index contributed by atoms with van der Waals surface area (Å²) in [6.07, 6.45) is 6.58. The molecule has 4 rings (SSSR count). The van der Waals surface area contributed by atoms with Crippen LogP contribution >= 0.6 is 0 Å². The van der Waals surface area contributed by atoms with Crippen LogP contribution in [0.1, 0.15) is 55.6 Å². The first-order valence-electron chi connectivity index (χ1n) is 7.84. The van der Waals surface area contributed by atoms with Gasteiger partial charge in [-0.2, -0.15) is 5.10 Å². The molecule has 2 bridgehead atoms. The number of carbonyl (C=O) groups is 1. The fourth-order valence-corrected chi connectivity index (χ4v) is 3.92. The van der Waals surface area contributed by atoms with Gasteiger partial charge in [-0.3, -0.25) is 4.79 Å². The molecule has 2 aliphatic heterocycles. The van der Waals surface area contributed by atoms with Crippen LogP contribution < -0.4 is 0 Å². The third-order valence-corrected chi connectivity index (χ3v) is 4.78. The maximum atomic E-state index is 12.4. The van der Waals surface area contributed by atoms with Gasteiger partial charge in [0.1, 0.15) is 0 Å². The molecule has 0 aliphatic carbocycles. The molecule has 5 heteroatoms. The fourth-order valence-electron chi connectivity index (χ4n) is 3.92. The van der Waals surface area contributed by atoms with Gasteiger partial charge in [-0.1, -0.05) is 6.92 Å². The molecule has 0 radical (unpaired) electrons. The largest absolute Gasteiger partial charge is 0.332 e. The molecule has 21 heavy (non-hydrogen) atoms. The lowest BCUT2D eigenvalue weighted by Crippen LogP contribution is -2.42. The average Bonchev–Trinajstić information content (AvgIpc) is 2.98. The third-order valence-electron chi connectivity index (χ3n) is 4.78. The van der Waals surface area contributed by atoms with E-state index in [4.69, 9.17) is 0 Å².